The summed E-state index contributed by atoms with van der Waals surface area (Å²) in [5.41, 5.74) is 1.11. The van der Waals surface area contributed by atoms with Crippen molar-refractivity contribution in [3.63, 3.8) is 0 Å². The van der Waals surface area contributed by atoms with Crippen molar-refractivity contribution in [3.8, 4) is 23.3 Å². The fourth-order valence-electron chi connectivity index (χ4n) is 2.75. The van der Waals surface area contributed by atoms with Crippen molar-refractivity contribution < 1.29 is 9.15 Å². The summed E-state index contributed by atoms with van der Waals surface area (Å²) in [6.45, 7) is 4.05. The highest BCUT2D eigenvalue weighted by Gasteiger charge is 2.24. The van der Waals surface area contributed by atoms with Gasteiger partial charge in [-0.15, -0.1) is 0 Å². The predicted molar refractivity (Wildman–Crippen MR) is 83.8 cm³/mol. The average molecular weight is 297 g/mol. The van der Waals surface area contributed by atoms with Gasteiger partial charge in [-0.05, 0) is 30.9 Å². The van der Waals surface area contributed by atoms with Gasteiger partial charge in [-0.3, -0.25) is 0 Å². The van der Waals surface area contributed by atoms with Gasteiger partial charge in [-0.25, -0.2) is 0 Å². The van der Waals surface area contributed by atoms with E-state index >= 15 is 0 Å². The minimum atomic E-state index is 0.343. The van der Waals surface area contributed by atoms with Crippen molar-refractivity contribution in [2.75, 3.05) is 25.1 Å². The van der Waals surface area contributed by atoms with Gasteiger partial charge in [0.15, 0.2) is 0 Å². The molecule has 1 fully saturated rings. The first-order valence-corrected chi connectivity index (χ1v) is 7.52. The number of hydrogen-bond donors (Lipinski definition) is 0. The molecule has 22 heavy (non-hydrogen) atoms. The van der Waals surface area contributed by atoms with Crippen molar-refractivity contribution in [1.82, 2.24) is 4.98 Å². The van der Waals surface area contributed by atoms with Gasteiger partial charge in [0, 0.05) is 13.1 Å². The number of piperidine rings is 1. The van der Waals surface area contributed by atoms with E-state index in [1.165, 1.54) is 0 Å². The summed E-state index contributed by atoms with van der Waals surface area (Å²) in [6, 6.07) is 9.67. The third-order valence-corrected chi connectivity index (χ3v) is 4.12. The number of anilines is 1. The van der Waals surface area contributed by atoms with Gasteiger partial charge in [0.1, 0.15) is 11.8 Å². The van der Waals surface area contributed by atoms with E-state index in [1.807, 2.05) is 24.3 Å². The van der Waals surface area contributed by atoms with Gasteiger partial charge < -0.3 is 14.1 Å². The van der Waals surface area contributed by atoms with Crippen LogP contribution in [0.3, 0.4) is 0 Å². The zero-order valence-corrected chi connectivity index (χ0v) is 12.9. The Morgan fingerprint density at radius 3 is 2.73 bits per heavy atom. The molecule has 1 aromatic carbocycles. The van der Waals surface area contributed by atoms with Crippen LogP contribution in [0.1, 0.15) is 25.5 Å². The van der Waals surface area contributed by atoms with Crippen molar-refractivity contribution >= 4 is 5.88 Å². The normalized spacial score (nSPS) is 15.6. The second-order valence-electron chi connectivity index (χ2n) is 5.65. The molecule has 5 nitrogen and oxygen atoms in total. The molecule has 0 atom stereocenters. The lowest BCUT2D eigenvalue weighted by Gasteiger charge is -2.29. The number of nitriles is 1. The molecule has 1 saturated heterocycles. The monoisotopic (exact) mass is 297 g/mol. The first-order valence-electron chi connectivity index (χ1n) is 7.52. The molecular formula is C17H19N3O2. The summed E-state index contributed by atoms with van der Waals surface area (Å²) in [4.78, 5) is 6.47. The first kappa shape index (κ1) is 14.5. The highest BCUT2D eigenvalue weighted by molar-refractivity contribution is 5.65. The van der Waals surface area contributed by atoms with Crippen molar-refractivity contribution in [1.29, 1.82) is 5.26 Å². The number of methoxy groups -OCH3 is 1. The van der Waals surface area contributed by atoms with Crippen molar-refractivity contribution in [2.24, 2.45) is 5.92 Å². The number of hydrogen-bond acceptors (Lipinski definition) is 5. The highest BCUT2D eigenvalue weighted by atomic mass is 16.5. The van der Waals surface area contributed by atoms with Crippen LogP contribution in [-0.4, -0.2) is 25.2 Å². The van der Waals surface area contributed by atoms with Crippen molar-refractivity contribution in [3.05, 3.63) is 30.0 Å². The molecule has 0 N–H and O–H groups in total. The second kappa shape index (κ2) is 6.10. The number of para-hydroxylation sites is 1. The minimum Gasteiger partial charge on any atom is -0.496 e. The van der Waals surface area contributed by atoms with Crippen LogP contribution in [0, 0.1) is 17.2 Å². The molecule has 0 unspecified atom stereocenters. The molecule has 0 spiro atoms. The molecule has 2 heterocycles. The van der Waals surface area contributed by atoms with E-state index in [1.54, 1.807) is 7.11 Å². The summed E-state index contributed by atoms with van der Waals surface area (Å²) < 4.78 is 11.3. The molecule has 2 aromatic rings. The molecule has 1 aliphatic rings. The highest BCUT2D eigenvalue weighted by Crippen LogP contribution is 2.34. The maximum Gasteiger partial charge on any atom is 0.235 e. The van der Waals surface area contributed by atoms with Crippen LogP contribution < -0.4 is 9.64 Å². The number of rotatable bonds is 3. The van der Waals surface area contributed by atoms with Crippen LogP contribution in [0.5, 0.6) is 5.75 Å². The Morgan fingerprint density at radius 2 is 2.05 bits per heavy atom. The van der Waals surface area contributed by atoms with E-state index in [0.29, 0.717) is 23.2 Å². The van der Waals surface area contributed by atoms with Crippen LogP contribution in [0.4, 0.5) is 5.88 Å². The quantitative estimate of drug-likeness (QED) is 0.868. The van der Waals surface area contributed by atoms with Gasteiger partial charge in [0.25, 0.3) is 0 Å². The first-order chi connectivity index (χ1) is 10.7. The molecular weight excluding hydrogens is 278 g/mol. The lowest BCUT2D eigenvalue weighted by atomic mass is 9.99. The SMILES string of the molecule is COc1ccccc1-c1nc(C#N)c(N2CCC(C)CC2)o1. The van der Waals surface area contributed by atoms with E-state index in [4.69, 9.17) is 9.15 Å². The minimum absolute atomic E-state index is 0.343. The number of oxazole rings is 1. The van der Waals surface area contributed by atoms with Gasteiger partial charge in [0.2, 0.25) is 17.5 Å². The molecule has 0 saturated carbocycles. The fraction of sp³-hybridized carbons (Fsp3) is 0.412. The maximum absolute atomic E-state index is 9.36. The van der Waals surface area contributed by atoms with E-state index in [9.17, 15) is 5.26 Å². The smallest absolute Gasteiger partial charge is 0.235 e. The van der Waals surface area contributed by atoms with Gasteiger partial charge >= 0.3 is 0 Å². The van der Waals surface area contributed by atoms with Crippen LogP contribution in [0.25, 0.3) is 11.5 Å². The Balaban J connectivity index is 1.97. The topological polar surface area (TPSA) is 62.3 Å². The van der Waals surface area contributed by atoms with Crippen LogP contribution in [0.2, 0.25) is 0 Å². The van der Waals surface area contributed by atoms with Crippen LogP contribution in [-0.2, 0) is 0 Å². The van der Waals surface area contributed by atoms with Crippen LogP contribution in [0.15, 0.2) is 28.7 Å². The summed E-state index contributed by atoms with van der Waals surface area (Å²) in [5.74, 6) is 2.42. The molecule has 0 radical (unpaired) electrons. The summed E-state index contributed by atoms with van der Waals surface area (Å²) >= 11 is 0. The second-order valence-corrected chi connectivity index (χ2v) is 5.65. The lowest BCUT2D eigenvalue weighted by molar-refractivity contribution is 0.410. The third kappa shape index (κ3) is 2.64. The van der Waals surface area contributed by atoms with E-state index < -0.39 is 0 Å². The Labute approximate surface area is 130 Å². The van der Waals surface area contributed by atoms with E-state index in [-0.39, 0.29) is 0 Å². The lowest BCUT2D eigenvalue weighted by Crippen LogP contribution is -2.32. The molecule has 114 valence electrons. The molecule has 5 heteroatoms. The zero-order valence-electron chi connectivity index (χ0n) is 12.9. The third-order valence-electron chi connectivity index (χ3n) is 4.12. The largest absolute Gasteiger partial charge is 0.496 e. The molecule has 3 rings (SSSR count). The summed E-state index contributed by atoms with van der Waals surface area (Å²) in [5, 5.41) is 9.36. The van der Waals surface area contributed by atoms with Gasteiger partial charge in [-0.2, -0.15) is 10.2 Å². The number of ether oxygens (including phenoxy) is 1. The number of benzene rings is 1. The Kier molecular flexibility index (Phi) is 4.01. The van der Waals surface area contributed by atoms with E-state index in [2.05, 4.69) is 22.9 Å². The number of aromatic nitrogens is 1. The van der Waals surface area contributed by atoms with E-state index in [0.717, 1.165) is 37.4 Å². The molecule has 1 aliphatic heterocycles. The molecule has 0 bridgehead atoms. The van der Waals surface area contributed by atoms with Gasteiger partial charge in [-0.1, -0.05) is 19.1 Å². The standard InChI is InChI=1S/C17H19N3O2/c1-12-7-9-20(10-8-12)17-14(11-18)19-16(22-17)13-5-3-4-6-15(13)21-2/h3-6,12H,7-10H2,1-2H3. The van der Waals surface area contributed by atoms with Gasteiger partial charge in [0.05, 0.1) is 12.7 Å². The van der Waals surface area contributed by atoms with Crippen LogP contribution >= 0.6 is 0 Å². The molecule has 1 aromatic heterocycles. The predicted octanol–water partition coefficient (Wildman–Crippen LogP) is 3.46. The summed E-state index contributed by atoms with van der Waals surface area (Å²) in [6.07, 6.45) is 2.21. The fourth-order valence-corrected chi connectivity index (χ4v) is 2.75. The average Bonchev–Trinajstić information content (AvgIpc) is 2.99. The molecule has 0 amide bonds. The van der Waals surface area contributed by atoms with Crippen molar-refractivity contribution in [2.45, 2.75) is 19.8 Å². The Bertz CT molecular complexity index is 694. The molecule has 0 aliphatic carbocycles. The Hall–Kier alpha value is -2.48. The maximum atomic E-state index is 9.36. The zero-order chi connectivity index (χ0) is 15.5. The number of nitrogens with zero attached hydrogens (tertiary/aromatic N) is 3. The Morgan fingerprint density at radius 1 is 1.32 bits per heavy atom. The summed E-state index contributed by atoms with van der Waals surface area (Å²) in [7, 11) is 1.61.